The zero-order valence-corrected chi connectivity index (χ0v) is 15.8. The molecule has 6 rings (SSSR count). The second-order valence-electron chi connectivity index (χ2n) is 8.87. The number of hydrogen-bond donors (Lipinski definition) is 2. The number of amides is 1. The summed E-state index contributed by atoms with van der Waals surface area (Å²) in [7, 11) is -1.25. The first-order valence-corrected chi connectivity index (χ1v) is 11.2. The Kier molecular flexibility index (Phi) is 3.77. The van der Waals surface area contributed by atoms with Gasteiger partial charge in [-0.25, -0.2) is 9.97 Å². The quantitative estimate of drug-likeness (QED) is 0.783. The molecular formula is C19H25N3O3S. The van der Waals surface area contributed by atoms with Crippen molar-refractivity contribution < 1.29 is 14.1 Å². The average molecular weight is 375 g/mol. The summed E-state index contributed by atoms with van der Waals surface area (Å²) in [5.74, 6) is 1.56. The van der Waals surface area contributed by atoms with Crippen LogP contribution in [0.1, 0.15) is 66.9 Å². The molecule has 0 radical (unpaired) electrons. The fourth-order valence-electron chi connectivity index (χ4n) is 5.81. The van der Waals surface area contributed by atoms with Gasteiger partial charge >= 0.3 is 0 Å². The SMILES string of the molecule is CS(=O)c1ncc(C(=O)NC2C3CC4CC2CC(O)(C4)C3)c(C2CC2)n1. The van der Waals surface area contributed by atoms with Crippen LogP contribution in [-0.4, -0.2) is 43.1 Å². The molecule has 4 bridgehead atoms. The van der Waals surface area contributed by atoms with E-state index in [1.807, 2.05) is 0 Å². The lowest BCUT2D eigenvalue weighted by molar-refractivity contribution is -0.136. The first-order valence-electron chi connectivity index (χ1n) is 9.65. The third-order valence-electron chi connectivity index (χ3n) is 6.80. The van der Waals surface area contributed by atoms with Crippen molar-refractivity contribution in [1.82, 2.24) is 15.3 Å². The minimum absolute atomic E-state index is 0.107. The molecule has 0 saturated heterocycles. The van der Waals surface area contributed by atoms with Crippen LogP contribution in [0, 0.1) is 17.8 Å². The first-order chi connectivity index (χ1) is 12.4. The summed E-state index contributed by atoms with van der Waals surface area (Å²) in [4.78, 5) is 21.6. The summed E-state index contributed by atoms with van der Waals surface area (Å²) in [6.45, 7) is 0. The number of aliphatic hydroxyl groups is 1. The molecule has 5 aliphatic carbocycles. The number of hydrogen-bond acceptors (Lipinski definition) is 5. The molecule has 5 aliphatic rings. The van der Waals surface area contributed by atoms with Crippen LogP contribution in [-0.2, 0) is 10.8 Å². The average Bonchev–Trinajstić information content (AvgIpc) is 3.40. The fraction of sp³-hybridized carbons (Fsp3) is 0.737. The molecule has 1 heterocycles. The van der Waals surface area contributed by atoms with Gasteiger partial charge in [0.25, 0.3) is 5.91 Å². The largest absolute Gasteiger partial charge is 0.390 e. The van der Waals surface area contributed by atoms with Crippen molar-refractivity contribution in [2.75, 3.05) is 6.26 Å². The van der Waals surface area contributed by atoms with Crippen molar-refractivity contribution in [3.63, 3.8) is 0 Å². The molecule has 0 aromatic carbocycles. The van der Waals surface area contributed by atoms with E-state index in [2.05, 4.69) is 15.3 Å². The van der Waals surface area contributed by atoms with E-state index in [-0.39, 0.29) is 11.9 Å². The molecule has 0 aliphatic heterocycles. The Morgan fingerprint density at radius 2 is 1.96 bits per heavy atom. The fourth-order valence-corrected chi connectivity index (χ4v) is 6.23. The normalized spacial score (nSPS) is 39.0. The predicted molar refractivity (Wildman–Crippen MR) is 96.1 cm³/mol. The second-order valence-corrected chi connectivity index (χ2v) is 10.1. The first kappa shape index (κ1) is 16.8. The van der Waals surface area contributed by atoms with E-state index in [1.165, 1.54) is 0 Å². The summed E-state index contributed by atoms with van der Waals surface area (Å²) in [5, 5.41) is 14.3. The van der Waals surface area contributed by atoms with Crippen molar-refractivity contribution >= 4 is 16.7 Å². The third-order valence-corrected chi connectivity index (χ3v) is 7.51. The second kappa shape index (κ2) is 5.83. The number of nitrogens with zero attached hydrogens (tertiary/aromatic N) is 2. The highest BCUT2D eigenvalue weighted by atomic mass is 32.2. The standard InChI is InChI=1S/C19H25N3O3S/c1-26(25)18-20-9-14(16(22-18)11-2-3-11)17(23)21-15-12-4-10-5-13(15)8-19(24,6-10)7-12/h9-13,15,24H,2-8H2,1H3,(H,21,23). The van der Waals surface area contributed by atoms with Gasteiger partial charge in [-0.05, 0) is 62.7 Å². The van der Waals surface area contributed by atoms with E-state index in [4.69, 9.17) is 0 Å². The van der Waals surface area contributed by atoms with Crippen LogP contribution in [0.5, 0.6) is 0 Å². The van der Waals surface area contributed by atoms with E-state index in [9.17, 15) is 14.1 Å². The van der Waals surface area contributed by atoms with Gasteiger partial charge in [0.1, 0.15) is 0 Å². The van der Waals surface area contributed by atoms with Gasteiger partial charge in [-0.3, -0.25) is 9.00 Å². The van der Waals surface area contributed by atoms with Crippen molar-refractivity contribution in [1.29, 1.82) is 0 Å². The van der Waals surface area contributed by atoms with Crippen LogP contribution in [0.2, 0.25) is 0 Å². The Balaban J connectivity index is 1.39. The van der Waals surface area contributed by atoms with Crippen molar-refractivity contribution in [3.8, 4) is 0 Å². The molecule has 0 spiro atoms. The molecule has 1 aromatic heterocycles. The predicted octanol–water partition coefficient (Wildman–Crippen LogP) is 1.76. The van der Waals surface area contributed by atoms with Gasteiger partial charge in [0.05, 0.1) is 27.7 Å². The van der Waals surface area contributed by atoms with E-state index in [0.717, 1.165) is 50.6 Å². The molecule has 1 aromatic rings. The highest BCUT2D eigenvalue weighted by Crippen LogP contribution is 2.55. The summed E-state index contributed by atoms with van der Waals surface area (Å²) in [6, 6.07) is 0.145. The zero-order chi connectivity index (χ0) is 18.1. The minimum atomic E-state index is -1.25. The van der Waals surface area contributed by atoms with E-state index in [1.54, 1.807) is 12.5 Å². The third kappa shape index (κ3) is 2.80. The van der Waals surface area contributed by atoms with Crippen LogP contribution < -0.4 is 5.32 Å². The zero-order valence-electron chi connectivity index (χ0n) is 15.0. The molecule has 3 unspecified atom stereocenters. The van der Waals surface area contributed by atoms with E-state index in [0.29, 0.717) is 34.4 Å². The van der Waals surface area contributed by atoms with Crippen molar-refractivity contribution in [2.24, 2.45) is 17.8 Å². The van der Waals surface area contributed by atoms with Crippen LogP contribution in [0.3, 0.4) is 0 Å². The molecular weight excluding hydrogens is 350 g/mol. The summed E-state index contributed by atoms with van der Waals surface area (Å²) < 4.78 is 11.7. The van der Waals surface area contributed by atoms with Gasteiger partial charge in [-0.15, -0.1) is 0 Å². The van der Waals surface area contributed by atoms with E-state index >= 15 is 0 Å². The summed E-state index contributed by atoms with van der Waals surface area (Å²) in [5.41, 5.74) is 0.798. The Bertz CT molecular complexity index is 778. The van der Waals surface area contributed by atoms with Crippen LogP contribution in [0.15, 0.2) is 11.4 Å². The number of aromatic nitrogens is 2. The van der Waals surface area contributed by atoms with Gasteiger partial charge in [-0.1, -0.05) is 0 Å². The van der Waals surface area contributed by atoms with Crippen molar-refractivity contribution in [2.45, 2.75) is 67.7 Å². The smallest absolute Gasteiger partial charge is 0.254 e. The van der Waals surface area contributed by atoms with Gasteiger partial charge in [-0.2, -0.15) is 0 Å². The number of carbonyl (C=O) groups excluding carboxylic acids is 1. The Morgan fingerprint density at radius 3 is 2.54 bits per heavy atom. The maximum Gasteiger partial charge on any atom is 0.254 e. The van der Waals surface area contributed by atoms with Crippen LogP contribution in [0.25, 0.3) is 0 Å². The molecule has 140 valence electrons. The lowest BCUT2D eigenvalue weighted by atomic mass is 9.52. The lowest BCUT2D eigenvalue weighted by Crippen LogP contribution is -2.61. The number of carbonyl (C=O) groups is 1. The van der Waals surface area contributed by atoms with Gasteiger partial charge < -0.3 is 10.4 Å². The van der Waals surface area contributed by atoms with Gasteiger partial charge in [0.2, 0.25) is 5.16 Å². The highest BCUT2D eigenvalue weighted by molar-refractivity contribution is 7.84. The molecule has 5 saturated carbocycles. The van der Waals surface area contributed by atoms with Gasteiger partial charge in [0, 0.05) is 24.4 Å². The number of rotatable bonds is 4. The monoisotopic (exact) mass is 375 g/mol. The maximum absolute atomic E-state index is 13.0. The highest BCUT2D eigenvalue weighted by Gasteiger charge is 2.55. The topological polar surface area (TPSA) is 92.2 Å². The molecule has 26 heavy (non-hydrogen) atoms. The Labute approximate surface area is 155 Å². The Hall–Kier alpha value is -1.34. The Morgan fingerprint density at radius 1 is 1.27 bits per heavy atom. The molecule has 1 amide bonds. The summed E-state index contributed by atoms with van der Waals surface area (Å²) >= 11 is 0. The van der Waals surface area contributed by atoms with E-state index < -0.39 is 16.4 Å². The van der Waals surface area contributed by atoms with Crippen molar-refractivity contribution in [3.05, 3.63) is 17.5 Å². The number of nitrogens with one attached hydrogen (secondary N) is 1. The molecule has 7 heteroatoms. The summed E-state index contributed by atoms with van der Waals surface area (Å²) in [6.07, 6.45) is 9.95. The maximum atomic E-state index is 13.0. The van der Waals surface area contributed by atoms with Gasteiger partial charge in [0.15, 0.2) is 0 Å². The lowest BCUT2D eigenvalue weighted by Gasteiger charge is -2.58. The molecule has 5 fully saturated rings. The van der Waals surface area contributed by atoms with Crippen LogP contribution >= 0.6 is 0 Å². The minimum Gasteiger partial charge on any atom is -0.390 e. The molecule has 6 nitrogen and oxygen atoms in total. The van der Waals surface area contributed by atoms with Crippen LogP contribution in [0.4, 0.5) is 0 Å². The molecule has 2 N–H and O–H groups in total. The molecule has 3 atom stereocenters.